The minimum absolute atomic E-state index is 0.154. The molecule has 0 radical (unpaired) electrons. The van der Waals surface area contributed by atoms with Gasteiger partial charge in [-0.3, -0.25) is 0 Å². The van der Waals surface area contributed by atoms with E-state index in [0.29, 0.717) is 11.1 Å². The third-order valence-corrected chi connectivity index (χ3v) is 3.24. The Kier molecular flexibility index (Phi) is 3.44. The van der Waals surface area contributed by atoms with E-state index in [9.17, 15) is 8.78 Å². The second kappa shape index (κ2) is 4.76. The lowest BCUT2D eigenvalue weighted by Gasteiger charge is -2.22. The fraction of sp³-hybridized carbons (Fsp3) is 0.294. The van der Waals surface area contributed by atoms with E-state index >= 15 is 0 Å². The van der Waals surface area contributed by atoms with Gasteiger partial charge in [0.15, 0.2) is 0 Å². The zero-order valence-electron chi connectivity index (χ0n) is 11.7. The van der Waals surface area contributed by atoms with E-state index in [2.05, 4.69) is 0 Å². The van der Waals surface area contributed by atoms with E-state index in [1.807, 2.05) is 26.8 Å². The molecule has 0 unspecified atom stereocenters. The Morgan fingerprint density at radius 2 is 1.42 bits per heavy atom. The predicted molar refractivity (Wildman–Crippen MR) is 75.2 cm³/mol. The molecule has 2 heteroatoms. The van der Waals surface area contributed by atoms with Gasteiger partial charge in [0.05, 0.1) is 0 Å². The van der Waals surface area contributed by atoms with Crippen LogP contribution < -0.4 is 0 Å². The molecule has 0 saturated carbocycles. The van der Waals surface area contributed by atoms with Crippen molar-refractivity contribution in [2.24, 2.45) is 0 Å². The Morgan fingerprint density at radius 3 is 1.95 bits per heavy atom. The van der Waals surface area contributed by atoms with Crippen LogP contribution in [0, 0.1) is 18.6 Å². The Hall–Kier alpha value is -1.70. The van der Waals surface area contributed by atoms with Crippen LogP contribution in [0.2, 0.25) is 0 Å². The van der Waals surface area contributed by atoms with E-state index in [4.69, 9.17) is 0 Å². The molecule has 0 heterocycles. The van der Waals surface area contributed by atoms with Crippen molar-refractivity contribution < 1.29 is 8.78 Å². The van der Waals surface area contributed by atoms with Crippen molar-refractivity contribution in [2.45, 2.75) is 33.1 Å². The van der Waals surface area contributed by atoms with Crippen molar-refractivity contribution in [1.82, 2.24) is 0 Å². The second-order valence-electron chi connectivity index (χ2n) is 5.91. The van der Waals surface area contributed by atoms with Crippen molar-refractivity contribution in [1.29, 1.82) is 0 Å². The van der Waals surface area contributed by atoms with Gasteiger partial charge in [0.1, 0.15) is 11.6 Å². The summed E-state index contributed by atoms with van der Waals surface area (Å²) in [5.41, 5.74) is 2.86. The summed E-state index contributed by atoms with van der Waals surface area (Å²) in [6.07, 6.45) is 0. The van der Waals surface area contributed by atoms with Crippen molar-refractivity contribution in [3.8, 4) is 11.1 Å². The lowest BCUT2D eigenvalue weighted by molar-refractivity contribution is 0.519. The molecular formula is C17H18F2. The normalized spacial score (nSPS) is 11.7. The first-order chi connectivity index (χ1) is 8.79. The van der Waals surface area contributed by atoms with Gasteiger partial charge in [-0.25, -0.2) is 8.78 Å². The van der Waals surface area contributed by atoms with Crippen LogP contribution in [0.1, 0.15) is 31.9 Å². The molecule has 0 fully saturated rings. The Labute approximate surface area is 113 Å². The molecule has 0 spiro atoms. The monoisotopic (exact) mass is 260 g/mol. The molecule has 0 bridgehead atoms. The maximum Gasteiger partial charge on any atom is 0.129 e. The first-order valence-electron chi connectivity index (χ1n) is 6.35. The molecule has 19 heavy (non-hydrogen) atoms. The SMILES string of the molecule is Cc1cc(-c2ccc(F)cc2)cc(C(C)(C)C)c1F. The molecule has 0 aliphatic carbocycles. The fourth-order valence-electron chi connectivity index (χ4n) is 2.12. The topological polar surface area (TPSA) is 0 Å². The Bertz CT molecular complexity index is 590. The zero-order chi connectivity index (χ0) is 14.2. The molecule has 0 saturated heterocycles. The van der Waals surface area contributed by atoms with Gasteiger partial charge >= 0.3 is 0 Å². The van der Waals surface area contributed by atoms with Crippen LogP contribution in [0.25, 0.3) is 11.1 Å². The summed E-state index contributed by atoms with van der Waals surface area (Å²) in [5.74, 6) is -0.419. The molecule has 2 rings (SSSR count). The lowest BCUT2D eigenvalue weighted by atomic mass is 9.83. The van der Waals surface area contributed by atoms with Crippen LogP contribution in [-0.4, -0.2) is 0 Å². The Balaban J connectivity index is 2.60. The van der Waals surface area contributed by atoms with E-state index in [1.165, 1.54) is 12.1 Å². The van der Waals surface area contributed by atoms with Gasteiger partial charge in [-0.15, -0.1) is 0 Å². The standard InChI is InChI=1S/C17H18F2/c1-11-9-13(12-5-7-14(18)8-6-12)10-15(16(11)19)17(2,3)4/h5-10H,1-4H3. The second-order valence-corrected chi connectivity index (χ2v) is 5.91. The maximum atomic E-state index is 14.2. The molecule has 0 aromatic heterocycles. The molecule has 2 aromatic rings. The van der Waals surface area contributed by atoms with Crippen LogP contribution in [0.4, 0.5) is 8.78 Å². The van der Waals surface area contributed by atoms with Crippen LogP contribution in [0.15, 0.2) is 36.4 Å². The fourth-order valence-corrected chi connectivity index (χ4v) is 2.12. The number of rotatable bonds is 1. The van der Waals surface area contributed by atoms with Crippen LogP contribution in [0.3, 0.4) is 0 Å². The predicted octanol–water partition coefficient (Wildman–Crippen LogP) is 5.24. The van der Waals surface area contributed by atoms with Crippen molar-refractivity contribution in [2.75, 3.05) is 0 Å². The van der Waals surface area contributed by atoms with Gasteiger partial charge in [-0.1, -0.05) is 32.9 Å². The van der Waals surface area contributed by atoms with Crippen molar-refractivity contribution in [3.05, 3.63) is 59.2 Å². The maximum absolute atomic E-state index is 14.2. The summed E-state index contributed by atoms with van der Waals surface area (Å²) in [5, 5.41) is 0. The average Bonchev–Trinajstić information content (AvgIpc) is 2.32. The number of hydrogen-bond acceptors (Lipinski definition) is 0. The first kappa shape index (κ1) is 13.7. The molecule has 0 N–H and O–H groups in total. The van der Waals surface area contributed by atoms with Gasteiger partial charge in [0.25, 0.3) is 0 Å². The van der Waals surface area contributed by atoms with Gasteiger partial charge in [0.2, 0.25) is 0 Å². The zero-order valence-corrected chi connectivity index (χ0v) is 11.7. The highest BCUT2D eigenvalue weighted by atomic mass is 19.1. The molecule has 0 aliphatic rings. The van der Waals surface area contributed by atoms with Crippen LogP contribution >= 0.6 is 0 Å². The Morgan fingerprint density at radius 1 is 0.842 bits per heavy atom. The van der Waals surface area contributed by atoms with E-state index in [-0.39, 0.29) is 17.0 Å². The quantitative estimate of drug-likeness (QED) is 0.658. The summed E-state index contributed by atoms with van der Waals surface area (Å²) in [6, 6.07) is 9.94. The number of hydrogen-bond donors (Lipinski definition) is 0. The van der Waals surface area contributed by atoms with Crippen molar-refractivity contribution in [3.63, 3.8) is 0 Å². The molecule has 0 aliphatic heterocycles. The highest BCUT2D eigenvalue weighted by Gasteiger charge is 2.20. The lowest BCUT2D eigenvalue weighted by Crippen LogP contribution is -2.14. The largest absolute Gasteiger partial charge is 0.207 e. The first-order valence-corrected chi connectivity index (χ1v) is 6.35. The van der Waals surface area contributed by atoms with E-state index < -0.39 is 0 Å². The van der Waals surface area contributed by atoms with E-state index in [1.54, 1.807) is 25.1 Å². The molecule has 0 amide bonds. The highest BCUT2D eigenvalue weighted by Crippen LogP contribution is 2.32. The summed E-state index contributed by atoms with van der Waals surface area (Å²) in [6.45, 7) is 7.72. The molecule has 0 nitrogen and oxygen atoms in total. The molecule has 2 aromatic carbocycles. The van der Waals surface area contributed by atoms with Gasteiger partial charge in [-0.05, 0) is 58.9 Å². The van der Waals surface area contributed by atoms with Gasteiger partial charge in [0, 0.05) is 0 Å². The number of aryl methyl sites for hydroxylation is 1. The minimum Gasteiger partial charge on any atom is -0.207 e. The number of benzene rings is 2. The summed E-state index contributed by atoms with van der Waals surface area (Å²) < 4.78 is 27.2. The third kappa shape index (κ3) is 2.83. The highest BCUT2D eigenvalue weighted by molar-refractivity contribution is 5.65. The average molecular weight is 260 g/mol. The molecule has 0 atom stereocenters. The van der Waals surface area contributed by atoms with Gasteiger partial charge in [-0.2, -0.15) is 0 Å². The summed E-state index contributed by atoms with van der Waals surface area (Å²) in [7, 11) is 0. The third-order valence-electron chi connectivity index (χ3n) is 3.24. The minimum atomic E-state index is -0.265. The molecule has 100 valence electrons. The number of halogens is 2. The molecular weight excluding hydrogens is 242 g/mol. The van der Waals surface area contributed by atoms with Crippen molar-refractivity contribution >= 4 is 0 Å². The van der Waals surface area contributed by atoms with Crippen LogP contribution in [0.5, 0.6) is 0 Å². The van der Waals surface area contributed by atoms with Gasteiger partial charge < -0.3 is 0 Å². The summed E-state index contributed by atoms with van der Waals surface area (Å²) >= 11 is 0. The smallest absolute Gasteiger partial charge is 0.129 e. The van der Waals surface area contributed by atoms with Crippen LogP contribution in [-0.2, 0) is 5.41 Å². The summed E-state index contributed by atoms with van der Waals surface area (Å²) in [4.78, 5) is 0. The van der Waals surface area contributed by atoms with E-state index in [0.717, 1.165) is 11.1 Å².